The molecule has 118 valence electrons. The number of benzene rings is 1. The summed E-state index contributed by atoms with van der Waals surface area (Å²) in [7, 11) is -1.07. The van der Waals surface area contributed by atoms with Crippen LogP contribution >= 0.6 is 0 Å². The van der Waals surface area contributed by atoms with Crippen molar-refractivity contribution in [2.75, 3.05) is 36.4 Å². The van der Waals surface area contributed by atoms with Crippen LogP contribution in [0.4, 0.5) is 11.4 Å². The number of hydrogen-bond acceptors (Lipinski definition) is 4. The molecule has 2 unspecified atom stereocenters. The van der Waals surface area contributed by atoms with Gasteiger partial charge in [0.05, 0.1) is 11.9 Å². The molecule has 0 aliphatic carbocycles. The van der Waals surface area contributed by atoms with Crippen LogP contribution in [0.25, 0.3) is 0 Å². The van der Waals surface area contributed by atoms with Crippen LogP contribution in [-0.2, 0) is 10.0 Å². The molecule has 0 bridgehead atoms. The number of rotatable bonds is 5. The molecule has 0 amide bonds. The molecular formula is C15H25N3O2S. The van der Waals surface area contributed by atoms with Gasteiger partial charge in [-0.3, -0.25) is 4.72 Å². The Morgan fingerprint density at radius 3 is 2.71 bits per heavy atom. The summed E-state index contributed by atoms with van der Waals surface area (Å²) in [6.45, 7) is 4.48. The summed E-state index contributed by atoms with van der Waals surface area (Å²) in [5, 5.41) is 3.50. The fourth-order valence-corrected chi connectivity index (χ4v) is 3.44. The van der Waals surface area contributed by atoms with Gasteiger partial charge in [0.1, 0.15) is 0 Å². The van der Waals surface area contributed by atoms with Crippen molar-refractivity contribution in [2.24, 2.45) is 5.92 Å². The zero-order valence-electron chi connectivity index (χ0n) is 13.0. The van der Waals surface area contributed by atoms with Gasteiger partial charge in [-0.2, -0.15) is 0 Å². The molecule has 0 aromatic heterocycles. The third kappa shape index (κ3) is 5.21. The van der Waals surface area contributed by atoms with E-state index in [1.165, 1.54) is 19.4 Å². The normalized spacial score (nSPS) is 21.8. The number of piperidine rings is 1. The van der Waals surface area contributed by atoms with Gasteiger partial charge in [0.15, 0.2) is 0 Å². The molecule has 0 spiro atoms. The van der Waals surface area contributed by atoms with Crippen molar-refractivity contribution < 1.29 is 8.42 Å². The highest BCUT2D eigenvalue weighted by molar-refractivity contribution is 7.92. The SMILES string of the molecule is CC(Nc1cccc(NS(C)(=O)=O)c1)C1CCCN(C)C1. The quantitative estimate of drug-likeness (QED) is 0.875. The first-order valence-electron chi connectivity index (χ1n) is 7.36. The molecule has 1 aliphatic rings. The summed E-state index contributed by atoms with van der Waals surface area (Å²) in [6.07, 6.45) is 3.64. The van der Waals surface area contributed by atoms with Gasteiger partial charge in [-0.05, 0) is 57.5 Å². The first-order chi connectivity index (χ1) is 9.83. The number of anilines is 2. The Balaban J connectivity index is 2.00. The second-order valence-electron chi connectivity index (χ2n) is 6.05. The van der Waals surface area contributed by atoms with Gasteiger partial charge in [0, 0.05) is 18.3 Å². The Morgan fingerprint density at radius 2 is 2.05 bits per heavy atom. The highest BCUT2D eigenvalue weighted by Crippen LogP contribution is 2.23. The van der Waals surface area contributed by atoms with E-state index in [1.807, 2.05) is 18.2 Å². The Kier molecular flexibility index (Phi) is 5.11. The van der Waals surface area contributed by atoms with E-state index < -0.39 is 10.0 Å². The maximum absolute atomic E-state index is 11.3. The van der Waals surface area contributed by atoms with E-state index in [0.29, 0.717) is 17.6 Å². The minimum atomic E-state index is -3.23. The highest BCUT2D eigenvalue weighted by Gasteiger charge is 2.22. The molecule has 2 atom stereocenters. The van der Waals surface area contributed by atoms with Crippen molar-refractivity contribution in [1.82, 2.24) is 4.90 Å². The molecule has 5 nitrogen and oxygen atoms in total. The fourth-order valence-electron chi connectivity index (χ4n) is 2.88. The average Bonchev–Trinajstić information content (AvgIpc) is 2.37. The first kappa shape index (κ1) is 16.1. The molecule has 0 saturated carbocycles. The second-order valence-corrected chi connectivity index (χ2v) is 7.80. The van der Waals surface area contributed by atoms with Gasteiger partial charge in [-0.15, -0.1) is 0 Å². The maximum atomic E-state index is 11.3. The molecular weight excluding hydrogens is 286 g/mol. The molecule has 1 aromatic carbocycles. The highest BCUT2D eigenvalue weighted by atomic mass is 32.2. The van der Waals surface area contributed by atoms with E-state index in [1.54, 1.807) is 6.07 Å². The van der Waals surface area contributed by atoms with Crippen molar-refractivity contribution in [3.63, 3.8) is 0 Å². The zero-order chi connectivity index (χ0) is 15.5. The molecule has 2 N–H and O–H groups in total. The summed E-state index contributed by atoms with van der Waals surface area (Å²) in [6, 6.07) is 7.78. The van der Waals surface area contributed by atoms with E-state index in [9.17, 15) is 8.42 Å². The maximum Gasteiger partial charge on any atom is 0.229 e. The molecule has 21 heavy (non-hydrogen) atoms. The van der Waals surface area contributed by atoms with Gasteiger partial charge < -0.3 is 10.2 Å². The number of nitrogens with zero attached hydrogens (tertiary/aromatic N) is 1. The van der Waals surface area contributed by atoms with Crippen LogP contribution in [0.1, 0.15) is 19.8 Å². The van der Waals surface area contributed by atoms with Crippen LogP contribution in [0.2, 0.25) is 0 Å². The number of hydrogen-bond donors (Lipinski definition) is 2. The van der Waals surface area contributed by atoms with E-state index in [-0.39, 0.29) is 0 Å². The zero-order valence-corrected chi connectivity index (χ0v) is 13.8. The van der Waals surface area contributed by atoms with E-state index in [4.69, 9.17) is 0 Å². The van der Waals surface area contributed by atoms with Gasteiger partial charge >= 0.3 is 0 Å². The van der Waals surface area contributed by atoms with Crippen LogP contribution in [0.15, 0.2) is 24.3 Å². The van der Waals surface area contributed by atoms with Crippen molar-refractivity contribution in [2.45, 2.75) is 25.8 Å². The summed E-state index contributed by atoms with van der Waals surface area (Å²) in [4.78, 5) is 2.37. The molecule has 2 rings (SSSR count). The molecule has 1 saturated heterocycles. The van der Waals surface area contributed by atoms with Crippen molar-refractivity contribution in [3.05, 3.63) is 24.3 Å². The largest absolute Gasteiger partial charge is 0.382 e. The van der Waals surface area contributed by atoms with E-state index >= 15 is 0 Å². The topological polar surface area (TPSA) is 61.4 Å². The van der Waals surface area contributed by atoms with Crippen LogP contribution in [0, 0.1) is 5.92 Å². The Hall–Kier alpha value is -1.27. The lowest BCUT2D eigenvalue weighted by molar-refractivity contribution is 0.197. The second kappa shape index (κ2) is 6.66. The summed E-state index contributed by atoms with van der Waals surface area (Å²) < 4.78 is 25.1. The molecule has 1 aliphatic heterocycles. The lowest BCUT2D eigenvalue weighted by atomic mass is 9.92. The smallest absolute Gasteiger partial charge is 0.229 e. The third-order valence-corrected chi connectivity index (χ3v) is 4.53. The Bertz CT molecular complexity index is 574. The van der Waals surface area contributed by atoms with Crippen molar-refractivity contribution in [1.29, 1.82) is 0 Å². The first-order valence-corrected chi connectivity index (χ1v) is 9.25. The standard InChI is InChI=1S/C15H25N3O2S/c1-12(13-6-5-9-18(2)11-13)16-14-7-4-8-15(10-14)17-21(3,19)20/h4,7-8,10,12-13,16-17H,5-6,9,11H2,1-3H3. The average molecular weight is 311 g/mol. The lowest BCUT2D eigenvalue weighted by Crippen LogP contribution is -2.39. The Morgan fingerprint density at radius 1 is 1.33 bits per heavy atom. The van der Waals surface area contributed by atoms with Crippen molar-refractivity contribution >= 4 is 21.4 Å². The summed E-state index contributed by atoms with van der Waals surface area (Å²) >= 11 is 0. The Labute approximate surface area is 127 Å². The lowest BCUT2D eigenvalue weighted by Gasteiger charge is -2.34. The molecule has 1 heterocycles. The van der Waals surface area contributed by atoms with Gasteiger partial charge in [-0.1, -0.05) is 6.07 Å². The van der Waals surface area contributed by atoms with Gasteiger partial charge in [0.2, 0.25) is 10.0 Å². The van der Waals surface area contributed by atoms with E-state index in [2.05, 4.69) is 28.9 Å². The molecule has 1 fully saturated rings. The summed E-state index contributed by atoms with van der Waals surface area (Å²) in [5.41, 5.74) is 1.54. The van der Waals surface area contributed by atoms with E-state index in [0.717, 1.165) is 18.5 Å². The number of sulfonamides is 1. The van der Waals surface area contributed by atoms with Gasteiger partial charge in [-0.25, -0.2) is 8.42 Å². The minimum absolute atomic E-state index is 0.362. The monoisotopic (exact) mass is 311 g/mol. The van der Waals surface area contributed by atoms with Crippen LogP contribution in [0.3, 0.4) is 0 Å². The van der Waals surface area contributed by atoms with Crippen LogP contribution in [0.5, 0.6) is 0 Å². The predicted molar refractivity (Wildman–Crippen MR) is 88.2 cm³/mol. The number of likely N-dealkylation sites (tertiary alicyclic amines) is 1. The third-order valence-electron chi connectivity index (χ3n) is 3.93. The van der Waals surface area contributed by atoms with Crippen LogP contribution < -0.4 is 10.0 Å². The predicted octanol–water partition coefficient (Wildman–Crippen LogP) is 2.20. The molecule has 6 heteroatoms. The minimum Gasteiger partial charge on any atom is -0.382 e. The van der Waals surface area contributed by atoms with Gasteiger partial charge in [0.25, 0.3) is 0 Å². The molecule has 1 aromatic rings. The fraction of sp³-hybridized carbons (Fsp3) is 0.600. The van der Waals surface area contributed by atoms with Crippen molar-refractivity contribution in [3.8, 4) is 0 Å². The number of nitrogens with one attached hydrogen (secondary N) is 2. The molecule has 0 radical (unpaired) electrons. The van der Waals surface area contributed by atoms with Crippen LogP contribution in [-0.4, -0.2) is 45.8 Å². The summed E-state index contributed by atoms with van der Waals surface area (Å²) in [5.74, 6) is 0.621.